The van der Waals surface area contributed by atoms with Crippen LogP contribution in [-0.4, -0.2) is 30.4 Å². The summed E-state index contributed by atoms with van der Waals surface area (Å²) < 4.78 is 110. The number of hydrogen-bond donors (Lipinski definition) is 2. The summed E-state index contributed by atoms with van der Waals surface area (Å²) in [6.45, 7) is 0. The van der Waals surface area contributed by atoms with Crippen LogP contribution in [-0.2, 0) is 33.7 Å². The van der Waals surface area contributed by atoms with E-state index in [1.165, 1.54) is 12.1 Å². The fraction of sp³-hybridized carbons (Fsp3) is 0.179. The normalized spacial score (nSPS) is 12.7. The highest BCUT2D eigenvalue weighted by Gasteiger charge is 2.32. The second-order valence-electron chi connectivity index (χ2n) is 12.3. The molecule has 5 aromatic rings. The van der Waals surface area contributed by atoms with Gasteiger partial charge in [0.15, 0.2) is 5.78 Å². The van der Waals surface area contributed by atoms with Gasteiger partial charge in [-0.3, -0.25) is 14.1 Å². The first kappa shape index (κ1) is 40.5. The molecule has 0 saturated carbocycles. The van der Waals surface area contributed by atoms with Crippen molar-refractivity contribution in [3.05, 3.63) is 147 Å². The van der Waals surface area contributed by atoms with Gasteiger partial charge in [0.2, 0.25) is 5.91 Å². The number of alkyl halides is 6. The van der Waals surface area contributed by atoms with Crippen molar-refractivity contribution in [1.82, 2.24) is 0 Å². The maximum atomic E-state index is 13.9. The largest absolute Gasteiger partial charge is 0.416 e. The number of halogens is 8. The highest BCUT2D eigenvalue weighted by Crippen LogP contribution is 2.38. The van der Waals surface area contributed by atoms with Crippen molar-refractivity contribution in [2.75, 3.05) is 11.1 Å². The predicted octanol–water partition coefficient (Wildman–Crippen LogP) is 11.2. The first-order chi connectivity index (χ1) is 25.3. The summed E-state index contributed by atoms with van der Waals surface area (Å²) in [5.74, 6) is -2.16. The molecule has 0 saturated heterocycles. The van der Waals surface area contributed by atoms with E-state index < -0.39 is 51.2 Å². The quantitative estimate of drug-likeness (QED) is 0.0743. The van der Waals surface area contributed by atoms with E-state index in [4.69, 9.17) is 27.8 Å². The zero-order chi connectivity index (χ0) is 39.4. The van der Waals surface area contributed by atoms with Gasteiger partial charge >= 0.3 is 12.4 Å². The van der Waals surface area contributed by atoms with Gasteiger partial charge < -0.3 is 5.32 Å². The third-order valence-electron chi connectivity index (χ3n) is 8.52. The molecule has 0 heterocycles. The smallest absolute Gasteiger partial charge is 0.326 e. The standard InChI is InChI=1S/C39H29Cl2F6NO5S/c40-34-21-28(38(42,43)44)13-17-31(34)24-7-9-26(10-8-24)33(20-23-3-5-27(6-4-23)36(49)2-1-19-54(51,52)53)37(50)48-30-15-11-25(12-16-30)32-18-14-29(22-35(32)41)39(45,46)47/h3-18,21-22,33H,1-2,19-20H2,(H,48,50)(H,51,52,53). The molecule has 0 aliphatic carbocycles. The highest BCUT2D eigenvalue weighted by atomic mass is 35.5. The van der Waals surface area contributed by atoms with Crippen molar-refractivity contribution < 1.29 is 48.9 Å². The van der Waals surface area contributed by atoms with E-state index in [0.717, 1.165) is 24.3 Å². The average molecular weight is 809 g/mol. The number of ketones is 1. The maximum Gasteiger partial charge on any atom is 0.416 e. The first-order valence-corrected chi connectivity index (χ1v) is 18.5. The van der Waals surface area contributed by atoms with Gasteiger partial charge in [0, 0.05) is 38.8 Å². The first-order valence-electron chi connectivity index (χ1n) is 16.1. The lowest BCUT2D eigenvalue weighted by molar-refractivity contribution is -0.138. The molecule has 1 amide bonds. The summed E-state index contributed by atoms with van der Waals surface area (Å²) >= 11 is 12.4. The number of benzene rings is 5. The fourth-order valence-electron chi connectivity index (χ4n) is 5.69. The molecule has 1 atom stereocenters. The molecule has 54 heavy (non-hydrogen) atoms. The predicted molar refractivity (Wildman–Crippen MR) is 195 cm³/mol. The molecule has 0 aliphatic rings. The Bertz CT molecular complexity index is 2260. The number of anilines is 1. The molecule has 2 N–H and O–H groups in total. The highest BCUT2D eigenvalue weighted by molar-refractivity contribution is 7.85. The van der Waals surface area contributed by atoms with Crippen LogP contribution in [0.25, 0.3) is 22.3 Å². The summed E-state index contributed by atoms with van der Waals surface area (Å²) in [5, 5.41) is 2.64. The van der Waals surface area contributed by atoms with E-state index in [0.29, 0.717) is 44.6 Å². The molecule has 282 valence electrons. The number of rotatable bonds is 12. The minimum Gasteiger partial charge on any atom is -0.326 e. The van der Waals surface area contributed by atoms with Crippen LogP contribution < -0.4 is 5.32 Å². The van der Waals surface area contributed by atoms with E-state index in [2.05, 4.69) is 5.32 Å². The lowest BCUT2D eigenvalue weighted by Gasteiger charge is -2.19. The molecule has 0 bridgehead atoms. The summed E-state index contributed by atoms with van der Waals surface area (Å²) in [5.41, 5.74) is 1.81. The molecule has 0 fully saturated rings. The number of hydrogen-bond acceptors (Lipinski definition) is 4. The minimum atomic E-state index is -4.57. The topological polar surface area (TPSA) is 101 Å². The lowest BCUT2D eigenvalue weighted by atomic mass is 9.89. The van der Waals surface area contributed by atoms with E-state index in [1.807, 2.05) is 0 Å². The Balaban J connectivity index is 1.39. The van der Waals surface area contributed by atoms with Gasteiger partial charge in [0.1, 0.15) is 0 Å². The third kappa shape index (κ3) is 10.5. The number of amides is 1. The van der Waals surface area contributed by atoms with Crippen LogP contribution >= 0.6 is 23.2 Å². The van der Waals surface area contributed by atoms with Crippen LogP contribution in [0.5, 0.6) is 0 Å². The second-order valence-corrected chi connectivity index (χ2v) is 14.7. The van der Waals surface area contributed by atoms with E-state index in [9.17, 15) is 44.3 Å². The van der Waals surface area contributed by atoms with Crippen LogP contribution in [0.15, 0.2) is 109 Å². The van der Waals surface area contributed by atoms with Gasteiger partial charge in [-0.2, -0.15) is 34.8 Å². The van der Waals surface area contributed by atoms with Crippen LogP contribution in [0.4, 0.5) is 32.0 Å². The molecule has 5 rings (SSSR count). The molecule has 0 aromatic heterocycles. The lowest BCUT2D eigenvalue weighted by Crippen LogP contribution is -2.23. The molecule has 15 heteroatoms. The van der Waals surface area contributed by atoms with Gasteiger partial charge in [-0.15, -0.1) is 0 Å². The average Bonchev–Trinajstić information content (AvgIpc) is 3.10. The molecular formula is C39H29Cl2F6NO5S. The Kier molecular flexibility index (Phi) is 12.3. The van der Waals surface area contributed by atoms with Gasteiger partial charge in [0.25, 0.3) is 10.1 Å². The number of Topliss-reactive ketones (excluding diaryl/α,β-unsaturated/α-hetero) is 1. The fourth-order valence-corrected chi connectivity index (χ4v) is 6.78. The molecule has 5 aromatic carbocycles. The van der Waals surface area contributed by atoms with Crippen molar-refractivity contribution >= 4 is 50.7 Å². The number of nitrogens with one attached hydrogen (secondary N) is 1. The van der Waals surface area contributed by atoms with Crippen molar-refractivity contribution in [3.8, 4) is 22.3 Å². The maximum absolute atomic E-state index is 13.9. The number of carbonyl (C=O) groups excluding carboxylic acids is 2. The Morgan fingerprint density at radius 1 is 0.685 bits per heavy atom. The summed E-state index contributed by atoms with van der Waals surface area (Å²) in [7, 11) is -4.21. The van der Waals surface area contributed by atoms with Crippen molar-refractivity contribution in [1.29, 1.82) is 0 Å². The zero-order valence-electron chi connectivity index (χ0n) is 27.8. The van der Waals surface area contributed by atoms with Crippen LogP contribution in [0.3, 0.4) is 0 Å². The molecule has 6 nitrogen and oxygen atoms in total. The van der Waals surface area contributed by atoms with Gasteiger partial charge in [0.05, 0.1) is 22.8 Å². The van der Waals surface area contributed by atoms with Crippen LogP contribution in [0, 0.1) is 0 Å². The second kappa shape index (κ2) is 16.4. The van der Waals surface area contributed by atoms with Crippen molar-refractivity contribution in [2.45, 2.75) is 37.5 Å². The van der Waals surface area contributed by atoms with Crippen molar-refractivity contribution in [3.63, 3.8) is 0 Å². The van der Waals surface area contributed by atoms with Gasteiger partial charge in [-0.25, -0.2) is 0 Å². The Labute approximate surface area is 316 Å². The minimum absolute atomic E-state index is 0.0618. The third-order valence-corrected chi connectivity index (χ3v) is 9.95. The molecule has 0 aliphatic heterocycles. The molecule has 0 spiro atoms. The van der Waals surface area contributed by atoms with Crippen LogP contribution in [0.2, 0.25) is 10.0 Å². The summed E-state index contributed by atoms with van der Waals surface area (Å²) in [4.78, 5) is 26.4. The Morgan fingerprint density at radius 3 is 1.61 bits per heavy atom. The number of carbonyl (C=O) groups is 2. The monoisotopic (exact) mass is 807 g/mol. The summed E-state index contributed by atoms with van der Waals surface area (Å²) in [6.07, 6.45) is -9.16. The van der Waals surface area contributed by atoms with Crippen LogP contribution in [0.1, 0.15) is 51.4 Å². The molecule has 0 radical (unpaired) electrons. The van der Waals surface area contributed by atoms with E-state index in [1.54, 1.807) is 72.8 Å². The van der Waals surface area contributed by atoms with Gasteiger partial charge in [-0.1, -0.05) is 96.0 Å². The molecule has 1 unspecified atom stereocenters. The van der Waals surface area contributed by atoms with E-state index in [-0.39, 0.29) is 35.1 Å². The summed E-state index contributed by atoms with van der Waals surface area (Å²) in [6, 6.07) is 25.3. The van der Waals surface area contributed by atoms with Crippen molar-refractivity contribution in [2.24, 2.45) is 0 Å². The van der Waals surface area contributed by atoms with E-state index >= 15 is 0 Å². The Morgan fingerprint density at radius 2 is 1.17 bits per heavy atom. The zero-order valence-corrected chi connectivity index (χ0v) is 30.1. The van der Waals surface area contributed by atoms with Gasteiger partial charge in [-0.05, 0) is 71.5 Å². The Hall–Kier alpha value is -4.69. The molecular weight excluding hydrogens is 779 g/mol. The SMILES string of the molecule is O=C(CCCS(=O)(=O)O)c1ccc(CC(C(=O)Nc2ccc(-c3ccc(C(F)(F)F)cc3Cl)cc2)c2ccc(-c3ccc(C(F)(F)F)cc3Cl)cc2)cc1.